The van der Waals surface area contributed by atoms with Crippen molar-refractivity contribution < 1.29 is 5.11 Å². The van der Waals surface area contributed by atoms with Gasteiger partial charge in [0.2, 0.25) is 0 Å². The average Bonchev–Trinajstić information content (AvgIpc) is 2.25. The van der Waals surface area contributed by atoms with Crippen LogP contribution < -0.4 is 5.32 Å². The molecule has 2 N–H and O–H groups in total. The maximum Gasteiger partial charge on any atom is 0.0992 e. The normalized spacial score (nSPS) is 14.1. The van der Waals surface area contributed by atoms with E-state index < -0.39 is 5.60 Å². The van der Waals surface area contributed by atoms with Crippen molar-refractivity contribution in [2.45, 2.75) is 12.5 Å². The third kappa shape index (κ3) is 4.53. The number of nitrogens with zero attached hydrogens (tertiary/aromatic N) is 2. The van der Waals surface area contributed by atoms with E-state index in [0.29, 0.717) is 23.7 Å². The molecule has 4 nitrogen and oxygen atoms in total. The Hall–Kier alpha value is -1.28. The van der Waals surface area contributed by atoms with Crippen LogP contribution >= 0.6 is 11.6 Å². The molecular weight excluding hydrogens is 250 g/mol. The minimum absolute atomic E-state index is 0.386. The maximum absolute atomic E-state index is 10.1. The van der Waals surface area contributed by atoms with Crippen molar-refractivity contribution in [2.24, 2.45) is 0 Å². The Morgan fingerprint density at radius 2 is 2.17 bits per heavy atom. The van der Waals surface area contributed by atoms with E-state index in [1.165, 1.54) is 0 Å². The van der Waals surface area contributed by atoms with E-state index >= 15 is 0 Å². The number of anilines is 1. The molecule has 0 amide bonds. The first kappa shape index (κ1) is 14.8. The van der Waals surface area contributed by atoms with Gasteiger partial charge in [-0.3, -0.25) is 0 Å². The lowest BCUT2D eigenvalue weighted by Crippen LogP contribution is -2.43. The SMILES string of the molecule is CN(C)CC(C)(O)CNc1ccc(C#N)cc1Cl. The number of nitrogens with one attached hydrogen (secondary N) is 1. The predicted molar refractivity (Wildman–Crippen MR) is 73.8 cm³/mol. The second kappa shape index (κ2) is 6.05. The lowest BCUT2D eigenvalue weighted by Gasteiger charge is -2.27. The first-order valence-electron chi connectivity index (χ1n) is 5.65. The van der Waals surface area contributed by atoms with Crippen LogP contribution in [0.5, 0.6) is 0 Å². The molecule has 0 radical (unpaired) electrons. The van der Waals surface area contributed by atoms with Gasteiger partial charge >= 0.3 is 0 Å². The molecule has 0 aromatic heterocycles. The Morgan fingerprint density at radius 3 is 2.67 bits per heavy atom. The Morgan fingerprint density at radius 1 is 1.50 bits per heavy atom. The zero-order valence-corrected chi connectivity index (χ0v) is 11.6. The summed E-state index contributed by atoms with van der Waals surface area (Å²) in [6.45, 7) is 2.70. The number of benzene rings is 1. The number of halogens is 1. The standard InChI is InChI=1S/C13H18ClN3O/c1-13(18,9-17(2)3)8-16-12-5-4-10(7-15)6-11(12)14/h4-6,16,18H,8-9H2,1-3H3. The van der Waals surface area contributed by atoms with Crippen LogP contribution in [0.25, 0.3) is 0 Å². The quantitative estimate of drug-likeness (QED) is 0.856. The van der Waals surface area contributed by atoms with Gasteiger partial charge in [-0.15, -0.1) is 0 Å². The Balaban J connectivity index is 2.67. The molecule has 18 heavy (non-hydrogen) atoms. The van der Waals surface area contributed by atoms with Gasteiger partial charge in [0, 0.05) is 13.1 Å². The van der Waals surface area contributed by atoms with Gasteiger partial charge in [-0.2, -0.15) is 5.26 Å². The molecule has 1 atom stereocenters. The van der Waals surface area contributed by atoms with Crippen LogP contribution in [0.15, 0.2) is 18.2 Å². The Kier molecular flexibility index (Phi) is 4.97. The number of nitriles is 1. The highest BCUT2D eigenvalue weighted by molar-refractivity contribution is 6.33. The summed E-state index contributed by atoms with van der Waals surface area (Å²) in [4.78, 5) is 1.92. The highest BCUT2D eigenvalue weighted by Crippen LogP contribution is 2.23. The van der Waals surface area contributed by atoms with Gasteiger partial charge in [0.25, 0.3) is 0 Å². The van der Waals surface area contributed by atoms with E-state index in [2.05, 4.69) is 5.32 Å². The third-order valence-corrected chi connectivity index (χ3v) is 2.73. The first-order chi connectivity index (χ1) is 8.34. The van der Waals surface area contributed by atoms with Crippen LogP contribution in [-0.2, 0) is 0 Å². The van der Waals surface area contributed by atoms with Crippen LogP contribution in [0.2, 0.25) is 5.02 Å². The molecule has 0 heterocycles. The molecule has 0 saturated heterocycles. The van der Waals surface area contributed by atoms with Gasteiger partial charge in [0.1, 0.15) is 0 Å². The monoisotopic (exact) mass is 267 g/mol. The zero-order chi connectivity index (χ0) is 13.8. The Bertz CT molecular complexity index is 452. The van der Waals surface area contributed by atoms with E-state index in [4.69, 9.17) is 16.9 Å². The fourth-order valence-electron chi connectivity index (χ4n) is 1.75. The van der Waals surface area contributed by atoms with Gasteiger partial charge in [0.15, 0.2) is 0 Å². The highest BCUT2D eigenvalue weighted by Gasteiger charge is 2.21. The summed E-state index contributed by atoms with van der Waals surface area (Å²) >= 11 is 6.04. The molecule has 0 aliphatic rings. The lowest BCUT2D eigenvalue weighted by atomic mass is 10.1. The van der Waals surface area contributed by atoms with Crippen molar-refractivity contribution in [3.05, 3.63) is 28.8 Å². The van der Waals surface area contributed by atoms with E-state index in [0.717, 1.165) is 5.69 Å². The molecule has 0 saturated carbocycles. The van der Waals surface area contributed by atoms with Crippen molar-refractivity contribution in [3.63, 3.8) is 0 Å². The molecular formula is C13H18ClN3O. The minimum Gasteiger partial charge on any atom is -0.387 e. The van der Waals surface area contributed by atoms with Gasteiger partial charge in [-0.05, 0) is 39.2 Å². The second-order valence-electron chi connectivity index (χ2n) is 4.89. The zero-order valence-electron chi connectivity index (χ0n) is 10.9. The minimum atomic E-state index is -0.846. The predicted octanol–water partition coefficient (Wildman–Crippen LogP) is 1.94. The van der Waals surface area contributed by atoms with Crippen LogP contribution in [0, 0.1) is 11.3 Å². The van der Waals surface area contributed by atoms with Crippen LogP contribution in [0.4, 0.5) is 5.69 Å². The largest absolute Gasteiger partial charge is 0.387 e. The number of rotatable bonds is 5. The van der Waals surface area contributed by atoms with Gasteiger partial charge in [0.05, 0.1) is 27.9 Å². The summed E-state index contributed by atoms with van der Waals surface area (Å²) in [5.74, 6) is 0. The summed E-state index contributed by atoms with van der Waals surface area (Å²) in [6.07, 6.45) is 0. The first-order valence-corrected chi connectivity index (χ1v) is 6.02. The number of hydrogen-bond acceptors (Lipinski definition) is 4. The molecule has 1 unspecified atom stereocenters. The fraction of sp³-hybridized carbons (Fsp3) is 0.462. The van der Waals surface area contributed by atoms with E-state index in [9.17, 15) is 5.11 Å². The van der Waals surface area contributed by atoms with Gasteiger partial charge < -0.3 is 15.3 Å². The summed E-state index contributed by atoms with van der Waals surface area (Å²) in [5, 5.41) is 22.4. The summed E-state index contributed by atoms with van der Waals surface area (Å²) in [7, 11) is 3.81. The second-order valence-corrected chi connectivity index (χ2v) is 5.30. The Labute approximate surface area is 113 Å². The average molecular weight is 268 g/mol. The van der Waals surface area contributed by atoms with Crippen molar-refractivity contribution in [3.8, 4) is 6.07 Å². The molecule has 98 valence electrons. The van der Waals surface area contributed by atoms with Crippen molar-refractivity contribution in [2.75, 3.05) is 32.5 Å². The van der Waals surface area contributed by atoms with E-state index in [-0.39, 0.29) is 0 Å². The van der Waals surface area contributed by atoms with E-state index in [1.54, 1.807) is 25.1 Å². The molecule has 0 bridgehead atoms. The summed E-state index contributed by atoms with van der Waals surface area (Å²) in [5.41, 5.74) is 0.390. The number of hydrogen-bond donors (Lipinski definition) is 2. The molecule has 0 spiro atoms. The molecule has 0 aliphatic carbocycles. The number of aliphatic hydroxyl groups is 1. The van der Waals surface area contributed by atoms with E-state index in [1.807, 2.05) is 25.1 Å². The molecule has 1 aromatic rings. The molecule has 5 heteroatoms. The maximum atomic E-state index is 10.1. The van der Waals surface area contributed by atoms with Crippen LogP contribution in [-0.4, -0.2) is 42.8 Å². The number of likely N-dealkylation sites (N-methyl/N-ethyl adjacent to an activating group) is 1. The van der Waals surface area contributed by atoms with Gasteiger partial charge in [-0.1, -0.05) is 11.6 Å². The highest BCUT2D eigenvalue weighted by atomic mass is 35.5. The van der Waals surface area contributed by atoms with Crippen molar-refractivity contribution >= 4 is 17.3 Å². The lowest BCUT2D eigenvalue weighted by molar-refractivity contribution is 0.0460. The van der Waals surface area contributed by atoms with Gasteiger partial charge in [-0.25, -0.2) is 0 Å². The topological polar surface area (TPSA) is 59.3 Å². The van der Waals surface area contributed by atoms with Crippen molar-refractivity contribution in [1.82, 2.24) is 4.90 Å². The van der Waals surface area contributed by atoms with Crippen molar-refractivity contribution in [1.29, 1.82) is 5.26 Å². The molecule has 1 rings (SSSR count). The molecule has 0 fully saturated rings. The molecule has 0 aliphatic heterocycles. The third-order valence-electron chi connectivity index (χ3n) is 2.41. The van der Waals surface area contributed by atoms with Crippen LogP contribution in [0.1, 0.15) is 12.5 Å². The molecule has 1 aromatic carbocycles. The summed E-state index contributed by atoms with van der Waals surface area (Å²) in [6, 6.07) is 7.06. The summed E-state index contributed by atoms with van der Waals surface area (Å²) < 4.78 is 0. The smallest absolute Gasteiger partial charge is 0.0992 e. The fourth-order valence-corrected chi connectivity index (χ4v) is 2.00. The van der Waals surface area contributed by atoms with Crippen LogP contribution in [0.3, 0.4) is 0 Å².